The van der Waals surface area contributed by atoms with Crippen LogP contribution in [0.2, 0.25) is 5.02 Å². The lowest BCUT2D eigenvalue weighted by Crippen LogP contribution is -2.17. The van der Waals surface area contributed by atoms with E-state index in [1.807, 2.05) is 0 Å². The smallest absolute Gasteiger partial charge is 0.405 e. The summed E-state index contributed by atoms with van der Waals surface area (Å²) < 4.78 is 55.1. The number of alkyl halides is 3. The molecule has 0 saturated heterocycles. The molecule has 0 aliphatic heterocycles. The monoisotopic (exact) mass is 315 g/mol. The molecule has 108 valence electrons. The fraction of sp³-hybridized carbons (Fsp3) is 0.0714. The molecule has 2 aromatic rings. The van der Waals surface area contributed by atoms with E-state index in [2.05, 4.69) is 4.74 Å². The molecule has 0 aromatic heterocycles. The predicted molar refractivity (Wildman–Crippen MR) is 68.2 cm³/mol. The second-order valence-corrected chi connectivity index (χ2v) is 4.38. The van der Waals surface area contributed by atoms with E-state index in [1.165, 1.54) is 30.3 Å². The molecule has 7 heteroatoms. The Morgan fingerprint density at radius 2 is 1.81 bits per heavy atom. The van der Waals surface area contributed by atoms with Crippen LogP contribution in [-0.2, 0) is 0 Å². The molecule has 21 heavy (non-hydrogen) atoms. The Morgan fingerprint density at radius 3 is 2.43 bits per heavy atom. The normalized spacial score (nSPS) is 11.0. The lowest BCUT2D eigenvalue weighted by Gasteiger charge is -2.14. The standard InChI is InChI=1S/C14H6ClF4NO/c15-11-3-1-2-10(13(11)16)9-5-4-8(7-20)6-12(9)21-14(17,18)19/h1-6H. The highest BCUT2D eigenvalue weighted by atomic mass is 35.5. The molecule has 0 radical (unpaired) electrons. The van der Waals surface area contributed by atoms with E-state index >= 15 is 0 Å². The van der Waals surface area contributed by atoms with Crippen molar-refractivity contribution >= 4 is 11.6 Å². The number of nitrogens with zero attached hydrogens (tertiary/aromatic N) is 1. The van der Waals surface area contributed by atoms with Gasteiger partial charge in [-0.25, -0.2) is 4.39 Å². The van der Waals surface area contributed by atoms with Crippen molar-refractivity contribution in [2.75, 3.05) is 0 Å². The maximum Gasteiger partial charge on any atom is 0.573 e. The molecule has 0 amide bonds. The van der Waals surface area contributed by atoms with E-state index in [4.69, 9.17) is 16.9 Å². The molecular formula is C14H6ClF4NO. The minimum absolute atomic E-state index is 0.0413. The van der Waals surface area contributed by atoms with E-state index in [-0.39, 0.29) is 21.7 Å². The molecule has 0 fully saturated rings. The lowest BCUT2D eigenvalue weighted by atomic mass is 10.0. The predicted octanol–water partition coefficient (Wildman–Crippen LogP) is 4.92. The third-order valence-electron chi connectivity index (χ3n) is 2.58. The van der Waals surface area contributed by atoms with E-state index in [1.54, 1.807) is 6.07 Å². The number of nitriles is 1. The van der Waals surface area contributed by atoms with Crippen LogP contribution in [0.3, 0.4) is 0 Å². The van der Waals surface area contributed by atoms with Gasteiger partial charge in [-0.15, -0.1) is 13.2 Å². The minimum atomic E-state index is -4.96. The summed E-state index contributed by atoms with van der Waals surface area (Å²) in [5.41, 5.74) is -0.335. The van der Waals surface area contributed by atoms with Gasteiger partial charge in [0.2, 0.25) is 0 Å². The van der Waals surface area contributed by atoms with Gasteiger partial charge < -0.3 is 4.74 Å². The van der Waals surface area contributed by atoms with Crippen molar-refractivity contribution < 1.29 is 22.3 Å². The first-order chi connectivity index (χ1) is 9.81. The second kappa shape index (κ2) is 5.62. The van der Waals surface area contributed by atoms with Crippen molar-refractivity contribution in [1.29, 1.82) is 5.26 Å². The molecule has 0 N–H and O–H groups in total. The van der Waals surface area contributed by atoms with Gasteiger partial charge in [-0.3, -0.25) is 0 Å². The van der Waals surface area contributed by atoms with Crippen LogP contribution in [0.25, 0.3) is 11.1 Å². The van der Waals surface area contributed by atoms with E-state index in [0.717, 1.165) is 6.07 Å². The summed E-state index contributed by atoms with van der Waals surface area (Å²) in [4.78, 5) is 0. The summed E-state index contributed by atoms with van der Waals surface area (Å²) in [6, 6.07) is 8.96. The Labute approximate surface area is 122 Å². The minimum Gasteiger partial charge on any atom is -0.405 e. The number of benzene rings is 2. The lowest BCUT2D eigenvalue weighted by molar-refractivity contribution is -0.274. The highest BCUT2D eigenvalue weighted by molar-refractivity contribution is 6.31. The number of hydrogen-bond donors (Lipinski definition) is 0. The average molecular weight is 316 g/mol. The molecule has 2 nitrogen and oxygen atoms in total. The van der Waals surface area contributed by atoms with E-state index < -0.39 is 17.9 Å². The molecule has 2 rings (SSSR count). The quantitative estimate of drug-likeness (QED) is 0.737. The SMILES string of the molecule is N#Cc1ccc(-c2cccc(Cl)c2F)c(OC(F)(F)F)c1. The molecular weight excluding hydrogens is 310 g/mol. The summed E-state index contributed by atoms with van der Waals surface area (Å²) in [6.45, 7) is 0. The maximum atomic E-state index is 13.9. The third kappa shape index (κ3) is 3.44. The summed E-state index contributed by atoms with van der Waals surface area (Å²) in [7, 11) is 0. The third-order valence-corrected chi connectivity index (χ3v) is 2.87. The zero-order chi connectivity index (χ0) is 15.6. The van der Waals surface area contributed by atoms with Crippen LogP contribution in [0.4, 0.5) is 17.6 Å². The van der Waals surface area contributed by atoms with E-state index in [9.17, 15) is 17.6 Å². The van der Waals surface area contributed by atoms with Crippen molar-refractivity contribution in [1.82, 2.24) is 0 Å². The Balaban J connectivity index is 2.63. The first-order valence-electron chi connectivity index (χ1n) is 5.56. The second-order valence-electron chi connectivity index (χ2n) is 3.97. The van der Waals surface area contributed by atoms with Gasteiger partial charge in [0.05, 0.1) is 16.7 Å². The van der Waals surface area contributed by atoms with Gasteiger partial charge in [0.1, 0.15) is 11.6 Å². The highest BCUT2D eigenvalue weighted by Crippen LogP contribution is 2.37. The number of hydrogen-bond acceptors (Lipinski definition) is 2. The van der Waals surface area contributed by atoms with Crippen LogP contribution in [0.5, 0.6) is 5.75 Å². The van der Waals surface area contributed by atoms with Gasteiger partial charge in [0.15, 0.2) is 0 Å². The first-order valence-corrected chi connectivity index (χ1v) is 5.94. The average Bonchev–Trinajstić information content (AvgIpc) is 2.40. The largest absolute Gasteiger partial charge is 0.573 e. The Kier molecular flexibility index (Phi) is 4.05. The Hall–Kier alpha value is -2.26. The number of rotatable bonds is 2. The van der Waals surface area contributed by atoms with E-state index in [0.29, 0.717) is 0 Å². The summed E-state index contributed by atoms with van der Waals surface area (Å²) in [5.74, 6) is -1.53. The fourth-order valence-corrected chi connectivity index (χ4v) is 1.91. The Bertz CT molecular complexity index is 722. The fourth-order valence-electron chi connectivity index (χ4n) is 1.74. The molecule has 0 aliphatic rings. The van der Waals surface area contributed by atoms with Gasteiger partial charge in [-0.1, -0.05) is 23.7 Å². The first kappa shape index (κ1) is 15.1. The number of ether oxygens (including phenoxy) is 1. The van der Waals surface area contributed by atoms with Crippen molar-refractivity contribution in [3.05, 3.63) is 52.8 Å². The van der Waals surface area contributed by atoms with Crippen LogP contribution in [0.1, 0.15) is 5.56 Å². The van der Waals surface area contributed by atoms with Gasteiger partial charge in [0.25, 0.3) is 0 Å². The topological polar surface area (TPSA) is 33.0 Å². The Morgan fingerprint density at radius 1 is 1.10 bits per heavy atom. The zero-order valence-corrected chi connectivity index (χ0v) is 11.0. The van der Waals surface area contributed by atoms with Gasteiger partial charge in [0, 0.05) is 11.1 Å². The molecule has 0 heterocycles. The van der Waals surface area contributed by atoms with Gasteiger partial charge in [-0.2, -0.15) is 5.26 Å². The molecule has 2 aromatic carbocycles. The van der Waals surface area contributed by atoms with Crippen LogP contribution in [0, 0.1) is 17.1 Å². The zero-order valence-electron chi connectivity index (χ0n) is 10.2. The van der Waals surface area contributed by atoms with Crippen molar-refractivity contribution in [2.45, 2.75) is 6.36 Å². The molecule has 0 bridgehead atoms. The molecule has 0 atom stereocenters. The van der Waals surface area contributed by atoms with Crippen LogP contribution in [0.15, 0.2) is 36.4 Å². The van der Waals surface area contributed by atoms with Gasteiger partial charge >= 0.3 is 6.36 Å². The molecule has 0 saturated carbocycles. The van der Waals surface area contributed by atoms with Crippen molar-refractivity contribution in [3.8, 4) is 22.9 Å². The highest BCUT2D eigenvalue weighted by Gasteiger charge is 2.32. The summed E-state index contributed by atoms with van der Waals surface area (Å²) in [6.07, 6.45) is -4.96. The molecule has 0 spiro atoms. The summed E-state index contributed by atoms with van der Waals surface area (Å²) >= 11 is 5.62. The van der Waals surface area contributed by atoms with Crippen LogP contribution < -0.4 is 4.74 Å². The molecule has 0 aliphatic carbocycles. The summed E-state index contributed by atoms with van der Waals surface area (Å²) in [5, 5.41) is 8.51. The van der Waals surface area contributed by atoms with Crippen molar-refractivity contribution in [3.63, 3.8) is 0 Å². The van der Waals surface area contributed by atoms with Crippen molar-refractivity contribution in [2.24, 2.45) is 0 Å². The van der Waals surface area contributed by atoms with Gasteiger partial charge in [-0.05, 0) is 24.3 Å². The van der Waals surface area contributed by atoms with Crippen LogP contribution >= 0.6 is 11.6 Å². The number of halogens is 5. The maximum absolute atomic E-state index is 13.9. The molecule has 0 unspecified atom stereocenters. The van der Waals surface area contributed by atoms with Crippen LogP contribution in [-0.4, -0.2) is 6.36 Å².